The van der Waals surface area contributed by atoms with Gasteiger partial charge in [-0.2, -0.15) is 0 Å². The average Bonchev–Trinajstić information content (AvgIpc) is 3.55. The molecule has 0 atom stereocenters. The molecule has 0 N–H and O–H groups in total. The first-order chi connectivity index (χ1) is 23.8. The molecule has 8 aromatic carbocycles. The van der Waals surface area contributed by atoms with Gasteiger partial charge in [0, 0.05) is 42.6 Å². The van der Waals surface area contributed by atoms with E-state index < -0.39 is 0 Å². The van der Waals surface area contributed by atoms with E-state index in [1.54, 1.807) is 0 Å². The zero-order valence-electron chi connectivity index (χ0n) is 26.3. The number of benzene rings is 8. The molecular weight excluding hydrogens is 599 g/mol. The highest BCUT2D eigenvalue weighted by Crippen LogP contribution is 2.48. The summed E-state index contributed by atoms with van der Waals surface area (Å²) >= 11 is 1.88. The number of hydrogen-bond donors (Lipinski definition) is 0. The topological polar surface area (TPSA) is 3.24 Å². The number of thiophene rings is 1. The minimum Gasteiger partial charge on any atom is -0.309 e. The molecule has 0 aliphatic rings. The summed E-state index contributed by atoms with van der Waals surface area (Å²) < 4.78 is 2.63. The van der Waals surface area contributed by atoms with Crippen LogP contribution in [0.5, 0.6) is 0 Å². The van der Waals surface area contributed by atoms with Gasteiger partial charge < -0.3 is 4.90 Å². The van der Waals surface area contributed by atoms with E-state index in [0.29, 0.717) is 0 Å². The smallest absolute Gasteiger partial charge is 0.0540 e. The molecule has 1 nitrogen and oxygen atoms in total. The molecule has 9 aromatic rings. The molecule has 0 bridgehead atoms. The summed E-state index contributed by atoms with van der Waals surface area (Å²) in [7, 11) is 0. The molecule has 0 saturated carbocycles. The van der Waals surface area contributed by atoms with E-state index in [0.717, 1.165) is 17.1 Å². The maximum Gasteiger partial charge on any atom is 0.0540 e. The van der Waals surface area contributed by atoms with Crippen molar-refractivity contribution in [3.05, 3.63) is 188 Å². The standard InChI is InChI=1S/C46H31NS/c1-2-13-32(14-3-1)34-27-29-37(30-28-34)47(43-22-9-6-17-38(43)36-26-25-33-15-4-5-16-35(33)31-36)44-23-10-7-18-39(44)41-20-12-21-42-40-19-8-11-24-45(40)48-46(41)42/h1-31H. The van der Waals surface area contributed by atoms with Gasteiger partial charge in [0.2, 0.25) is 0 Å². The molecule has 0 fully saturated rings. The summed E-state index contributed by atoms with van der Waals surface area (Å²) in [4.78, 5) is 2.45. The van der Waals surface area contributed by atoms with Crippen molar-refractivity contribution in [2.24, 2.45) is 0 Å². The summed E-state index contributed by atoms with van der Waals surface area (Å²) in [5.41, 5.74) is 10.6. The molecule has 48 heavy (non-hydrogen) atoms. The van der Waals surface area contributed by atoms with Crippen molar-refractivity contribution in [3.8, 4) is 33.4 Å². The summed E-state index contributed by atoms with van der Waals surface area (Å²) in [6.07, 6.45) is 0. The largest absolute Gasteiger partial charge is 0.309 e. The fraction of sp³-hybridized carbons (Fsp3) is 0. The normalized spacial score (nSPS) is 11.3. The van der Waals surface area contributed by atoms with Crippen molar-refractivity contribution < 1.29 is 0 Å². The Morgan fingerprint density at radius 1 is 0.354 bits per heavy atom. The fourth-order valence-electron chi connectivity index (χ4n) is 6.97. The molecule has 0 aliphatic carbocycles. The molecule has 0 radical (unpaired) electrons. The van der Waals surface area contributed by atoms with E-state index in [1.165, 1.54) is 64.3 Å². The van der Waals surface area contributed by atoms with Crippen LogP contribution in [0.25, 0.3) is 64.3 Å². The lowest BCUT2D eigenvalue weighted by Crippen LogP contribution is -2.12. The third-order valence-corrected chi connectivity index (χ3v) is 10.5. The average molecular weight is 630 g/mol. The molecular formula is C46H31NS. The Bertz CT molecular complexity index is 2560. The highest BCUT2D eigenvalue weighted by Gasteiger charge is 2.22. The SMILES string of the molecule is c1ccc(-c2ccc(N(c3ccccc3-c3ccc4ccccc4c3)c3ccccc3-c3cccc4c3sc3ccccc34)cc2)cc1. The second kappa shape index (κ2) is 12.0. The third-order valence-electron chi connectivity index (χ3n) is 9.28. The lowest BCUT2D eigenvalue weighted by molar-refractivity contribution is 1.28. The van der Waals surface area contributed by atoms with Crippen molar-refractivity contribution in [1.82, 2.24) is 0 Å². The van der Waals surface area contributed by atoms with Crippen LogP contribution in [-0.2, 0) is 0 Å². The van der Waals surface area contributed by atoms with Crippen LogP contribution in [0.15, 0.2) is 188 Å². The van der Waals surface area contributed by atoms with Gasteiger partial charge in [0.05, 0.1) is 11.4 Å². The molecule has 0 spiro atoms. The van der Waals surface area contributed by atoms with Crippen LogP contribution in [0, 0.1) is 0 Å². The minimum absolute atomic E-state index is 1.11. The van der Waals surface area contributed by atoms with Crippen LogP contribution in [0.2, 0.25) is 0 Å². The van der Waals surface area contributed by atoms with Gasteiger partial charge in [-0.15, -0.1) is 11.3 Å². The Kier molecular flexibility index (Phi) is 7.07. The van der Waals surface area contributed by atoms with E-state index in [4.69, 9.17) is 0 Å². The number of nitrogens with zero attached hydrogens (tertiary/aromatic N) is 1. The molecule has 0 aliphatic heterocycles. The van der Waals surface area contributed by atoms with Crippen molar-refractivity contribution in [3.63, 3.8) is 0 Å². The highest BCUT2D eigenvalue weighted by molar-refractivity contribution is 7.26. The maximum absolute atomic E-state index is 2.45. The maximum atomic E-state index is 2.45. The lowest BCUT2D eigenvalue weighted by atomic mass is 9.96. The zero-order valence-corrected chi connectivity index (χ0v) is 27.1. The molecule has 9 rings (SSSR count). The molecule has 2 heteroatoms. The van der Waals surface area contributed by atoms with E-state index >= 15 is 0 Å². The molecule has 1 heterocycles. The summed E-state index contributed by atoms with van der Waals surface area (Å²) in [5.74, 6) is 0. The lowest BCUT2D eigenvalue weighted by Gasteiger charge is -2.30. The van der Waals surface area contributed by atoms with Gasteiger partial charge in [-0.1, -0.05) is 152 Å². The van der Waals surface area contributed by atoms with Crippen molar-refractivity contribution in [2.45, 2.75) is 0 Å². The van der Waals surface area contributed by atoms with Crippen molar-refractivity contribution in [1.29, 1.82) is 0 Å². The number of hydrogen-bond acceptors (Lipinski definition) is 2. The number of rotatable bonds is 6. The predicted molar refractivity (Wildman–Crippen MR) is 208 cm³/mol. The van der Waals surface area contributed by atoms with E-state index in [1.807, 2.05) is 11.3 Å². The Morgan fingerprint density at radius 2 is 0.938 bits per heavy atom. The molecule has 0 saturated heterocycles. The number of fused-ring (bicyclic) bond motifs is 4. The van der Waals surface area contributed by atoms with Gasteiger partial charge in [-0.05, 0) is 63.9 Å². The fourth-order valence-corrected chi connectivity index (χ4v) is 8.20. The number of anilines is 3. The minimum atomic E-state index is 1.11. The molecule has 226 valence electrons. The first-order valence-electron chi connectivity index (χ1n) is 16.4. The Morgan fingerprint density at radius 3 is 1.77 bits per heavy atom. The van der Waals surface area contributed by atoms with Gasteiger partial charge in [0.15, 0.2) is 0 Å². The zero-order chi connectivity index (χ0) is 31.9. The predicted octanol–water partition coefficient (Wildman–Crippen LogP) is 13.7. The van der Waals surface area contributed by atoms with Crippen LogP contribution in [0.4, 0.5) is 17.1 Å². The third kappa shape index (κ3) is 4.95. The highest BCUT2D eigenvalue weighted by atomic mass is 32.1. The van der Waals surface area contributed by atoms with Gasteiger partial charge >= 0.3 is 0 Å². The van der Waals surface area contributed by atoms with Crippen LogP contribution in [0.1, 0.15) is 0 Å². The quantitative estimate of drug-likeness (QED) is 0.177. The van der Waals surface area contributed by atoms with Gasteiger partial charge in [0.25, 0.3) is 0 Å². The van der Waals surface area contributed by atoms with Crippen LogP contribution in [-0.4, -0.2) is 0 Å². The second-order valence-corrected chi connectivity index (χ2v) is 13.2. The van der Waals surface area contributed by atoms with Crippen LogP contribution in [0.3, 0.4) is 0 Å². The van der Waals surface area contributed by atoms with Gasteiger partial charge in [-0.25, -0.2) is 0 Å². The Hall–Kier alpha value is -5.96. The van der Waals surface area contributed by atoms with E-state index in [9.17, 15) is 0 Å². The second-order valence-electron chi connectivity index (χ2n) is 12.1. The van der Waals surface area contributed by atoms with E-state index in [-0.39, 0.29) is 0 Å². The number of para-hydroxylation sites is 2. The first-order valence-corrected chi connectivity index (χ1v) is 17.2. The van der Waals surface area contributed by atoms with E-state index in [2.05, 4.69) is 193 Å². The molecule has 1 aromatic heterocycles. The summed E-state index contributed by atoms with van der Waals surface area (Å²) in [6.45, 7) is 0. The first kappa shape index (κ1) is 28.3. The molecule has 0 unspecified atom stereocenters. The molecule has 0 amide bonds. The Labute approximate surface area is 284 Å². The Balaban J connectivity index is 1.28. The van der Waals surface area contributed by atoms with Crippen molar-refractivity contribution >= 4 is 59.3 Å². The van der Waals surface area contributed by atoms with Crippen LogP contribution >= 0.6 is 11.3 Å². The van der Waals surface area contributed by atoms with Gasteiger partial charge in [0.1, 0.15) is 0 Å². The van der Waals surface area contributed by atoms with Crippen LogP contribution < -0.4 is 4.90 Å². The van der Waals surface area contributed by atoms with Crippen molar-refractivity contribution in [2.75, 3.05) is 4.90 Å². The summed E-state index contributed by atoms with van der Waals surface area (Å²) in [5, 5.41) is 5.10. The monoisotopic (exact) mass is 629 g/mol. The van der Waals surface area contributed by atoms with Gasteiger partial charge in [-0.3, -0.25) is 0 Å². The summed E-state index contributed by atoms with van der Waals surface area (Å²) in [6, 6.07) is 68.2.